The van der Waals surface area contributed by atoms with Crippen LogP contribution in [-0.2, 0) is 25.5 Å². The van der Waals surface area contributed by atoms with Crippen LogP contribution >= 0.6 is 11.3 Å². The zero-order chi connectivity index (χ0) is 20.4. The van der Waals surface area contributed by atoms with Gasteiger partial charge in [0.1, 0.15) is 11.5 Å². The zero-order valence-electron chi connectivity index (χ0n) is 16.2. The molecular formula is C20H24N2O5S. The van der Waals surface area contributed by atoms with Crippen molar-refractivity contribution in [3.63, 3.8) is 0 Å². The van der Waals surface area contributed by atoms with Crippen molar-refractivity contribution in [2.24, 2.45) is 11.8 Å². The molecule has 1 fully saturated rings. The largest absolute Gasteiger partial charge is 0.462 e. The average molecular weight is 404 g/mol. The molecule has 1 aliphatic heterocycles. The van der Waals surface area contributed by atoms with Crippen molar-refractivity contribution >= 4 is 40.0 Å². The number of rotatable bonds is 6. The summed E-state index contributed by atoms with van der Waals surface area (Å²) in [4.78, 5) is 52.0. The smallest absolute Gasteiger partial charge is 0.341 e. The monoisotopic (exact) mass is 404 g/mol. The Bertz CT molecular complexity index is 831. The van der Waals surface area contributed by atoms with Crippen LogP contribution in [0.3, 0.4) is 0 Å². The Morgan fingerprint density at radius 2 is 1.79 bits per heavy atom. The van der Waals surface area contributed by atoms with Crippen LogP contribution in [0.2, 0.25) is 0 Å². The first-order valence-corrected chi connectivity index (χ1v) is 10.3. The van der Waals surface area contributed by atoms with E-state index in [9.17, 15) is 19.2 Å². The van der Waals surface area contributed by atoms with E-state index >= 15 is 0 Å². The van der Waals surface area contributed by atoms with Gasteiger partial charge < -0.3 is 10.1 Å². The van der Waals surface area contributed by atoms with Gasteiger partial charge in [-0.25, -0.2) is 4.79 Å². The predicted molar refractivity (Wildman–Crippen MR) is 105 cm³/mol. The second-order valence-electron chi connectivity index (χ2n) is 6.88. The second kappa shape index (κ2) is 8.26. The van der Waals surface area contributed by atoms with Crippen LogP contribution in [0.15, 0.2) is 12.2 Å². The number of thiophene rings is 1. The van der Waals surface area contributed by atoms with Crippen LogP contribution in [0, 0.1) is 18.8 Å². The number of esters is 1. The first-order valence-electron chi connectivity index (χ1n) is 9.48. The number of likely N-dealkylation sites (tertiary alicyclic amines) is 1. The van der Waals surface area contributed by atoms with Gasteiger partial charge in [-0.1, -0.05) is 19.1 Å². The third-order valence-electron chi connectivity index (χ3n) is 5.20. The molecule has 2 atom stereocenters. The molecule has 1 aliphatic carbocycles. The number of nitrogens with one attached hydrogen (secondary N) is 1. The lowest BCUT2D eigenvalue weighted by Crippen LogP contribution is -2.38. The highest BCUT2D eigenvalue weighted by atomic mass is 32.1. The quantitative estimate of drug-likeness (QED) is 0.447. The molecule has 0 unspecified atom stereocenters. The molecule has 0 aromatic carbocycles. The molecule has 0 saturated carbocycles. The fourth-order valence-corrected chi connectivity index (χ4v) is 5.00. The van der Waals surface area contributed by atoms with Gasteiger partial charge in [0, 0.05) is 4.88 Å². The number of hydrogen-bond donors (Lipinski definition) is 1. The summed E-state index contributed by atoms with van der Waals surface area (Å²) < 4.78 is 5.13. The Kier molecular flexibility index (Phi) is 5.98. The summed E-state index contributed by atoms with van der Waals surface area (Å²) in [7, 11) is 0. The average Bonchev–Trinajstić information content (AvgIpc) is 3.11. The second-order valence-corrected chi connectivity index (χ2v) is 8.11. The lowest BCUT2D eigenvalue weighted by molar-refractivity contribution is -0.142. The summed E-state index contributed by atoms with van der Waals surface area (Å²) in [6.07, 6.45) is 5.50. The lowest BCUT2D eigenvalue weighted by Gasteiger charge is -2.14. The molecule has 2 aliphatic rings. The minimum Gasteiger partial charge on any atom is -0.462 e. The van der Waals surface area contributed by atoms with Crippen LogP contribution in [0.4, 0.5) is 5.00 Å². The molecule has 7 nitrogen and oxygen atoms in total. The molecule has 150 valence electrons. The van der Waals surface area contributed by atoms with Crippen molar-refractivity contribution in [3.05, 3.63) is 28.2 Å². The molecule has 0 spiro atoms. The van der Waals surface area contributed by atoms with Crippen LogP contribution in [0.1, 0.15) is 47.5 Å². The summed E-state index contributed by atoms with van der Waals surface area (Å²) in [5.41, 5.74) is 1.20. The number of hydrogen-bond acceptors (Lipinski definition) is 6. The van der Waals surface area contributed by atoms with Crippen molar-refractivity contribution in [2.75, 3.05) is 18.5 Å². The molecular weight excluding hydrogens is 380 g/mol. The fourth-order valence-electron chi connectivity index (χ4n) is 3.85. The fraction of sp³-hybridized carbons (Fsp3) is 0.500. The Labute approximate surface area is 167 Å². The molecule has 2 heterocycles. The number of imide groups is 1. The highest BCUT2D eigenvalue weighted by Gasteiger charge is 2.47. The molecule has 3 amide bonds. The number of nitrogens with zero attached hydrogens (tertiary/aromatic N) is 1. The van der Waals surface area contributed by atoms with Gasteiger partial charge in [-0.3, -0.25) is 19.3 Å². The maximum absolute atomic E-state index is 12.6. The van der Waals surface area contributed by atoms with E-state index in [1.165, 1.54) is 11.3 Å². The third-order valence-corrected chi connectivity index (χ3v) is 6.26. The number of carbonyl (C=O) groups is 4. The number of ether oxygens (including phenoxy) is 1. The minimum atomic E-state index is -0.497. The summed E-state index contributed by atoms with van der Waals surface area (Å²) in [6.45, 7) is 5.43. The van der Waals surface area contributed by atoms with E-state index in [4.69, 9.17) is 4.74 Å². The van der Waals surface area contributed by atoms with Gasteiger partial charge in [-0.05, 0) is 38.7 Å². The SMILES string of the molecule is CCOC(=O)c1c(NC(=O)CN2C(=O)[C@H]3CC=CC[C@H]3C2=O)sc(C)c1CC. The number of fused-ring (bicyclic) bond motifs is 1. The first-order chi connectivity index (χ1) is 13.4. The number of aryl methyl sites for hydroxylation is 1. The maximum atomic E-state index is 12.6. The molecule has 1 aromatic heterocycles. The van der Waals surface area contributed by atoms with E-state index in [0.29, 0.717) is 29.8 Å². The normalized spacial score (nSPS) is 21.0. The topological polar surface area (TPSA) is 92.8 Å². The van der Waals surface area contributed by atoms with Gasteiger partial charge in [0.25, 0.3) is 0 Å². The van der Waals surface area contributed by atoms with Crippen LogP contribution < -0.4 is 5.32 Å². The zero-order valence-corrected chi connectivity index (χ0v) is 17.1. The Hall–Kier alpha value is -2.48. The maximum Gasteiger partial charge on any atom is 0.341 e. The van der Waals surface area contributed by atoms with Gasteiger partial charge in [0.2, 0.25) is 17.7 Å². The van der Waals surface area contributed by atoms with E-state index in [-0.39, 0.29) is 36.8 Å². The van der Waals surface area contributed by atoms with E-state index in [1.807, 2.05) is 26.0 Å². The Balaban J connectivity index is 1.76. The molecule has 28 heavy (non-hydrogen) atoms. The van der Waals surface area contributed by atoms with Crippen molar-refractivity contribution in [1.29, 1.82) is 0 Å². The van der Waals surface area contributed by atoms with Gasteiger partial charge in [-0.15, -0.1) is 11.3 Å². The van der Waals surface area contributed by atoms with E-state index < -0.39 is 11.9 Å². The lowest BCUT2D eigenvalue weighted by atomic mass is 9.85. The van der Waals surface area contributed by atoms with Gasteiger partial charge >= 0.3 is 5.97 Å². The number of carbonyl (C=O) groups excluding carboxylic acids is 4. The Morgan fingerprint density at radius 3 is 2.32 bits per heavy atom. The van der Waals surface area contributed by atoms with Gasteiger partial charge in [-0.2, -0.15) is 0 Å². The first kappa shape index (κ1) is 20.3. The number of amides is 3. The van der Waals surface area contributed by atoms with E-state index in [0.717, 1.165) is 15.3 Å². The molecule has 1 saturated heterocycles. The summed E-state index contributed by atoms with van der Waals surface area (Å²) >= 11 is 1.30. The predicted octanol–water partition coefficient (Wildman–Crippen LogP) is 2.69. The molecule has 1 N–H and O–H groups in total. The minimum absolute atomic E-state index is 0.234. The van der Waals surface area contributed by atoms with Crippen molar-refractivity contribution in [3.8, 4) is 0 Å². The van der Waals surface area contributed by atoms with E-state index in [1.54, 1.807) is 6.92 Å². The van der Waals surface area contributed by atoms with Gasteiger partial charge in [0.15, 0.2) is 0 Å². The summed E-state index contributed by atoms with van der Waals surface area (Å²) in [6, 6.07) is 0. The molecule has 0 bridgehead atoms. The summed E-state index contributed by atoms with van der Waals surface area (Å²) in [5, 5.41) is 3.11. The van der Waals surface area contributed by atoms with Crippen molar-refractivity contribution in [1.82, 2.24) is 4.90 Å². The molecule has 8 heteroatoms. The number of anilines is 1. The Morgan fingerprint density at radius 1 is 1.18 bits per heavy atom. The van der Waals surface area contributed by atoms with Crippen molar-refractivity contribution < 1.29 is 23.9 Å². The van der Waals surface area contributed by atoms with Crippen LogP contribution in [0.25, 0.3) is 0 Å². The third kappa shape index (κ3) is 3.61. The highest BCUT2D eigenvalue weighted by molar-refractivity contribution is 7.16. The molecule has 3 rings (SSSR count). The van der Waals surface area contributed by atoms with Gasteiger partial charge in [0.05, 0.1) is 24.0 Å². The van der Waals surface area contributed by atoms with Crippen LogP contribution in [0.5, 0.6) is 0 Å². The van der Waals surface area contributed by atoms with Crippen molar-refractivity contribution in [2.45, 2.75) is 40.0 Å². The molecule has 1 aromatic rings. The van der Waals surface area contributed by atoms with Crippen LogP contribution in [-0.4, -0.2) is 41.7 Å². The number of allylic oxidation sites excluding steroid dienone is 2. The highest BCUT2D eigenvalue weighted by Crippen LogP contribution is 2.36. The van der Waals surface area contributed by atoms with E-state index in [2.05, 4.69) is 5.32 Å². The summed E-state index contributed by atoms with van der Waals surface area (Å²) in [5.74, 6) is -2.30. The standard InChI is InChI=1S/C20H24N2O5S/c1-4-12-11(3)28-17(16(12)20(26)27-5-2)21-15(23)10-22-18(24)13-8-6-7-9-14(13)19(22)25/h6-7,13-14H,4-5,8-10H2,1-3H3,(H,21,23)/t13-,14+. The molecule has 0 radical (unpaired) electrons.